The van der Waals surface area contributed by atoms with Crippen LogP contribution in [0, 0.1) is 5.82 Å². The molecule has 0 radical (unpaired) electrons. The van der Waals surface area contributed by atoms with E-state index >= 15 is 0 Å². The molecule has 134 valence electrons. The maximum absolute atomic E-state index is 13.2. The van der Waals surface area contributed by atoms with Crippen molar-refractivity contribution in [1.82, 2.24) is 29.5 Å². The maximum atomic E-state index is 13.2. The molecule has 3 aromatic rings. The number of thioether (sulfide) groups is 1. The van der Waals surface area contributed by atoms with Crippen LogP contribution in [0.15, 0.2) is 35.7 Å². The molecule has 0 saturated heterocycles. The van der Waals surface area contributed by atoms with E-state index in [4.69, 9.17) is 5.73 Å². The van der Waals surface area contributed by atoms with E-state index in [-0.39, 0.29) is 18.2 Å². The number of nitrogens with zero attached hydrogens (tertiary/aromatic N) is 6. The first-order chi connectivity index (χ1) is 11.7. The monoisotopic (exact) mass is 383 g/mol. The summed E-state index contributed by atoms with van der Waals surface area (Å²) in [6, 6.07) is 6.25. The first-order valence-electron chi connectivity index (χ1n) is 7.62. The van der Waals surface area contributed by atoms with Gasteiger partial charge in [0.2, 0.25) is 0 Å². The van der Waals surface area contributed by atoms with Gasteiger partial charge in [0, 0.05) is 18.7 Å². The summed E-state index contributed by atoms with van der Waals surface area (Å²) in [6.07, 6.45) is 2.30. The van der Waals surface area contributed by atoms with Crippen molar-refractivity contribution in [2.45, 2.75) is 30.8 Å². The Hall–Kier alpha value is -1.97. The highest BCUT2D eigenvalue weighted by molar-refractivity contribution is 7.98. The molecule has 7 nitrogen and oxygen atoms in total. The Kier molecular flexibility index (Phi) is 6.91. The van der Waals surface area contributed by atoms with Crippen LogP contribution in [0.1, 0.15) is 18.6 Å². The molecule has 25 heavy (non-hydrogen) atoms. The zero-order valence-corrected chi connectivity index (χ0v) is 15.3. The Bertz CT molecular complexity index is 803. The summed E-state index contributed by atoms with van der Waals surface area (Å²) in [4.78, 5) is 0. The number of aromatic nitrogens is 6. The van der Waals surface area contributed by atoms with Crippen LogP contribution in [0.5, 0.6) is 0 Å². The van der Waals surface area contributed by atoms with Crippen molar-refractivity contribution in [3.63, 3.8) is 0 Å². The highest BCUT2D eigenvalue weighted by Gasteiger charge is 2.15. The van der Waals surface area contributed by atoms with Crippen molar-refractivity contribution in [2.24, 2.45) is 5.73 Å². The molecule has 0 aliphatic rings. The Morgan fingerprint density at radius 1 is 1.12 bits per heavy atom. The smallest absolute Gasteiger partial charge is 0.196 e. The molecule has 0 aliphatic heterocycles. The third kappa shape index (κ3) is 4.36. The van der Waals surface area contributed by atoms with Crippen molar-refractivity contribution in [2.75, 3.05) is 6.54 Å². The maximum Gasteiger partial charge on any atom is 0.196 e. The lowest BCUT2D eigenvalue weighted by Crippen LogP contribution is -2.09. The van der Waals surface area contributed by atoms with Crippen LogP contribution >= 0.6 is 24.2 Å². The summed E-state index contributed by atoms with van der Waals surface area (Å²) in [6.45, 7) is 3.32. The first kappa shape index (κ1) is 19.4. The van der Waals surface area contributed by atoms with Crippen LogP contribution in [0.4, 0.5) is 4.39 Å². The lowest BCUT2D eigenvalue weighted by atomic mass is 10.3. The fraction of sp³-hybridized carbons (Fsp3) is 0.333. The van der Waals surface area contributed by atoms with E-state index in [0.717, 1.165) is 29.0 Å². The average molecular weight is 384 g/mol. The van der Waals surface area contributed by atoms with E-state index in [1.54, 1.807) is 18.5 Å². The van der Waals surface area contributed by atoms with Gasteiger partial charge in [0.15, 0.2) is 5.16 Å². The minimum Gasteiger partial charge on any atom is -0.330 e. The molecule has 0 unspecified atom stereocenters. The van der Waals surface area contributed by atoms with Gasteiger partial charge in [0.05, 0.1) is 5.75 Å². The molecule has 0 amide bonds. The van der Waals surface area contributed by atoms with Gasteiger partial charge in [-0.15, -0.1) is 32.8 Å². The second-order valence-corrected chi connectivity index (χ2v) is 6.01. The van der Waals surface area contributed by atoms with Gasteiger partial charge in [-0.3, -0.25) is 4.57 Å². The zero-order valence-electron chi connectivity index (χ0n) is 13.7. The quantitative estimate of drug-likeness (QED) is 0.629. The molecule has 2 N–H and O–H groups in total. The van der Waals surface area contributed by atoms with Gasteiger partial charge in [-0.05, 0) is 37.7 Å². The van der Waals surface area contributed by atoms with Crippen LogP contribution in [-0.2, 0) is 18.7 Å². The number of rotatable bonds is 7. The minimum absolute atomic E-state index is 0. The van der Waals surface area contributed by atoms with Crippen molar-refractivity contribution >= 4 is 24.2 Å². The van der Waals surface area contributed by atoms with E-state index in [0.29, 0.717) is 18.7 Å². The average Bonchev–Trinajstić information content (AvgIpc) is 3.20. The van der Waals surface area contributed by atoms with Crippen LogP contribution < -0.4 is 5.73 Å². The number of hydrogen-bond donors (Lipinski definition) is 1. The molecule has 10 heteroatoms. The van der Waals surface area contributed by atoms with Crippen molar-refractivity contribution in [3.05, 3.63) is 48.1 Å². The van der Waals surface area contributed by atoms with Gasteiger partial charge < -0.3 is 10.3 Å². The first-order valence-corrected chi connectivity index (χ1v) is 8.61. The van der Waals surface area contributed by atoms with Crippen molar-refractivity contribution in [1.29, 1.82) is 0 Å². The van der Waals surface area contributed by atoms with Gasteiger partial charge in [0.1, 0.15) is 23.8 Å². The number of halogens is 2. The molecule has 0 fully saturated rings. The molecule has 3 rings (SSSR count). The fourth-order valence-corrected chi connectivity index (χ4v) is 3.24. The predicted octanol–water partition coefficient (Wildman–Crippen LogP) is 2.23. The molecule has 1 aromatic carbocycles. The Balaban J connectivity index is 0.00000225. The molecule has 2 heterocycles. The molecule has 2 aromatic heterocycles. The van der Waals surface area contributed by atoms with Gasteiger partial charge >= 0.3 is 0 Å². The minimum atomic E-state index is -0.280. The fourth-order valence-electron chi connectivity index (χ4n) is 2.32. The third-order valence-electron chi connectivity index (χ3n) is 3.52. The van der Waals surface area contributed by atoms with Gasteiger partial charge in [-0.1, -0.05) is 11.8 Å². The SMILES string of the molecule is CCn1cnnc1CSc1nnc(CCN)n1-c1ccc(F)cc1.Cl. The summed E-state index contributed by atoms with van der Waals surface area (Å²) < 4.78 is 17.1. The van der Waals surface area contributed by atoms with Crippen LogP contribution in [0.3, 0.4) is 0 Å². The Morgan fingerprint density at radius 2 is 1.88 bits per heavy atom. The van der Waals surface area contributed by atoms with E-state index in [1.807, 2.05) is 16.1 Å². The lowest BCUT2D eigenvalue weighted by Gasteiger charge is -2.10. The second kappa shape index (κ2) is 8.93. The van der Waals surface area contributed by atoms with Gasteiger partial charge in [-0.25, -0.2) is 4.39 Å². The molecule has 0 spiro atoms. The predicted molar refractivity (Wildman–Crippen MR) is 96.6 cm³/mol. The van der Waals surface area contributed by atoms with E-state index < -0.39 is 0 Å². The zero-order chi connectivity index (χ0) is 16.9. The van der Waals surface area contributed by atoms with Crippen LogP contribution in [0.25, 0.3) is 5.69 Å². The lowest BCUT2D eigenvalue weighted by molar-refractivity contribution is 0.627. The van der Waals surface area contributed by atoms with Crippen LogP contribution in [-0.4, -0.2) is 36.1 Å². The summed E-state index contributed by atoms with van der Waals surface area (Å²) in [5.41, 5.74) is 6.47. The Morgan fingerprint density at radius 3 is 2.56 bits per heavy atom. The number of benzene rings is 1. The van der Waals surface area contributed by atoms with Gasteiger partial charge in [-0.2, -0.15) is 0 Å². The molecule has 0 aliphatic carbocycles. The summed E-state index contributed by atoms with van der Waals surface area (Å²) >= 11 is 1.51. The molecule has 0 saturated carbocycles. The molecule has 0 bridgehead atoms. The topological polar surface area (TPSA) is 87.4 Å². The number of hydrogen-bond acceptors (Lipinski definition) is 6. The van der Waals surface area contributed by atoms with E-state index in [2.05, 4.69) is 20.4 Å². The largest absolute Gasteiger partial charge is 0.330 e. The van der Waals surface area contributed by atoms with Crippen LogP contribution in [0.2, 0.25) is 0 Å². The molecular weight excluding hydrogens is 365 g/mol. The summed E-state index contributed by atoms with van der Waals surface area (Å²) in [5, 5.41) is 17.3. The summed E-state index contributed by atoms with van der Waals surface area (Å²) in [5.74, 6) is 1.97. The summed E-state index contributed by atoms with van der Waals surface area (Å²) in [7, 11) is 0. The normalized spacial score (nSPS) is 10.7. The second-order valence-electron chi connectivity index (χ2n) is 5.07. The van der Waals surface area contributed by atoms with Crippen molar-refractivity contribution < 1.29 is 4.39 Å². The highest BCUT2D eigenvalue weighted by Crippen LogP contribution is 2.25. The number of aryl methyl sites for hydroxylation is 1. The van der Waals surface area contributed by atoms with E-state index in [9.17, 15) is 4.39 Å². The van der Waals surface area contributed by atoms with Gasteiger partial charge in [0.25, 0.3) is 0 Å². The van der Waals surface area contributed by atoms with E-state index in [1.165, 1.54) is 23.9 Å². The highest BCUT2D eigenvalue weighted by atomic mass is 35.5. The van der Waals surface area contributed by atoms with Crippen molar-refractivity contribution in [3.8, 4) is 5.69 Å². The molecule has 0 atom stereocenters. The molecular formula is C15H19ClFN7S. The third-order valence-corrected chi connectivity index (χ3v) is 4.44. The number of nitrogens with two attached hydrogens (primary N) is 1. The Labute approximate surface area is 155 Å². The standard InChI is InChI=1S/C15H18FN7S.ClH/c1-2-22-10-18-19-14(22)9-24-15-21-20-13(7-8-17)23(15)12-5-3-11(16)4-6-12;/h3-6,10H,2,7-9,17H2,1H3;1H.